The molecule has 0 radical (unpaired) electrons. The summed E-state index contributed by atoms with van der Waals surface area (Å²) in [5.41, 5.74) is 4.06. The highest BCUT2D eigenvalue weighted by Gasteiger charge is 2.63. The predicted molar refractivity (Wildman–Crippen MR) is 89.3 cm³/mol. The van der Waals surface area contributed by atoms with Crippen molar-refractivity contribution in [3.63, 3.8) is 0 Å². The summed E-state index contributed by atoms with van der Waals surface area (Å²) in [4.78, 5) is 38.5. The second-order valence-electron chi connectivity index (χ2n) is 7.52. The maximum atomic E-state index is 12.7. The molecule has 4 amide bonds. The lowest BCUT2D eigenvalue weighted by molar-refractivity contribution is -0.193. The first-order valence-corrected chi connectivity index (χ1v) is 10.2. The van der Waals surface area contributed by atoms with Crippen molar-refractivity contribution < 1.29 is 36.4 Å². The van der Waals surface area contributed by atoms with Crippen LogP contribution in [0.25, 0.3) is 0 Å². The third-order valence-electron chi connectivity index (χ3n) is 5.77. The van der Waals surface area contributed by atoms with E-state index in [2.05, 4.69) is 20.5 Å². The number of rotatable bonds is 4. The lowest BCUT2D eigenvalue weighted by Crippen LogP contribution is -2.64. The lowest BCUT2D eigenvalue weighted by Gasteiger charge is -2.50. The molecule has 0 aromatic rings. The summed E-state index contributed by atoms with van der Waals surface area (Å²) in [5.74, 6) is -1.15. The summed E-state index contributed by atoms with van der Waals surface area (Å²) >= 11 is 0. The average Bonchev–Trinajstić information content (AvgIpc) is 3.22. The quantitative estimate of drug-likeness (QED) is 0.282. The number of hydrazine groups is 1. The van der Waals surface area contributed by atoms with Crippen LogP contribution in [0.5, 0.6) is 0 Å². The number of urea groups is 1. The van der Waals surface area contributed by atoms with Gasteiger partial charge in [0.1, 0.15) is 6.04 Å². The molecule has 0 aromatic carbocycles. The number of hydrogen-bond donors (Lipinski definition) is 4. The van der Waals surface area contributed by atoms with Crippen molar-refractivity contribution in [1.82, 2.24) is 26.1 Å². The Kier molecular flexibility index (Phi) is 4.70. The minimum atomic E-state index is -4.91. The molecule has 0 aliphatic carbocycles. The van der Waals surface area contributed by atoms with Crippen LogP contribution in [-0.4, -0.2) is 85.7 Å². The fourth-order valence-corrected chi connectivity index (χ4v) is 4.58. The molecular weight excluding hydrogens is 398 g/mol. The largest absolute Gasteiger partial charge is 0.418 e. The van der Waals surface area contributed by atoms with Gasteiger partial charge in [-0.2, -0.15) is 13.5 Å². The van der Waals surface area contributed by atoms with Gasteiger partial charge in [0.25, 0.3) is 5.91 Å². The lowest BCUT2D eigenvalue weighted by atomic mass is 9.71. The Bertz CT molecular complexity index is 794. The zero-order valence-corrected chi connectivity index (χ0v) is 15.6. The summed E-state index contributed by atoms with van der Waals surface area (Å²) in [6.07, 6.45) is 0.876. The molecule has 14 heteroatoms. The van der Waals surface area contributed by atoms with Gasteiger partial charge in [-0.05, 0) is 19.4 Å². The van der Waals surface area contributed by atoms with E-state index < -0.39 is 39.8 Å². The Labute approximate surface area is 160 Å². The molecule has 156 valence electrons. The van der Waals surface area contributed by atoms with E-state index in [1.807, 2.05) is 0 Å². The second-order valence-corrected chi connectivity index (χ2v) is 8.53. The molecule has 28 heavy (non-hydrogen) atoms. The molecule has 1 unspecified atom stereocenters. The summed E-state index contributed by atoms with van der Waals surface area (Å²) in [6, 6.07) is -2.47. The standard InChI is InChI=1S/C14H21N5O8S/c20-11(8-1-2-15-4-8)16-17-12(21)9-3-14(6-26-7-14)10-5-18(9)13(22)19(10)27-28(23,24)25/h8-10,15H,1-7H2,(H,16,20)(H,17,21)(H,23,24,25)/t8?,9-,10-/m0/s1. The van der Waals surface area contributed by atoms with Crippen molar-refractivity contribution in [3.05, 3.63) is 0 Å². The number of hydroxylamine groups is 2. The molecule has 3 atom stereocenters. The molecule has 4 heterocycles. The smallest absolute Gasteiger partial charge is 0.380 e. The first kappa shape index (κ1) is 19.3. The van der Waals surface area contributed by atoms with Gasteiger partial charge < -0.3 is 15.0 Å². The van der Waals surface area contributed by atoms with E-state index in [-0.39, 0.29) is 38.0 Å². The molecule has 0 saturated carbocycles. The van der Waals surface area contributed by atoms with Crippen LogP contribution in [0.1, 0.15) is 12.8 Å². The number of hydrogen-bond acceptors (Lipinski definition) is 8. The van der Waals surface area contributed by atoms with Gasteiger partial charge in [0.2, 0.25) is 5.91 Å². The van der Waals surface area contributed by atoms with E-state index in [0.717, 1.165) is 11.4 Å². The number of carbonyl (C=O) groups is 3. The van der Waals surface area contributed by atoms with Crippen molar-refractivity contribution >= 4 is 28.2 Å². The van der Waals surface area contributed by atoms with E-state index >= 15 is 0 Å². The molecule has 2 bridgehead atoms. The fraction of sp³-hybridized carbons (Fsp3) is 0.786. The van der Waals surface area contributed by atoms with Gasteiger partial charge >= 0.3 is 16.4 Å². The molecule has 4 N–H and O–H groups in total. The van der Waals surface area contributed by atoms with Crippen LogP contribution in [-0.2, 0) is 29.0 Å². The van der Waals surface area contributed by atoms with Crippen LogP contribution < -0.4 is 16.2 Å². The average molecular weight is 419 g/mol. The van der Waals surface area contributed by atoms with Crippen LogP contribution in [0.15, 0.2) is 0 Å². The Morgan fingerprint density at radius 2 is 2.00 bits per heavy atom. The molecule has 4 fully saturated rings. The van der Waals surface area contributed by atoms with E-state index in [4.69, 9.17) is 9.29 Å². The maximum absolute atomic E-state index is 12.7. The van der Waals surface area contributed by atoms with Gasteiger partial charge in [0.05, 0.1) is 25.2 Å². The third kappa shape index (κ3) is 3.30. The maximum Gasteiger partial charge on any atom is 0.418 e. The Morgan fingerprint density at radius 3 is 2.57 bits per heavy atom. The number of nitrogens with zero attached hydrogens (tertiary/aromatic N) is 2. The molecule has 4 aliphatic heterocycles. The topological polar surface area (TPSA) is 167 Å². The first-order chi connectivity index (χ1) is 13.2. The van der Waals surface area contributed by atoms with Crippen molar-refractivity contribution in [2.75, 3.05) is 32.8 Å². The molecule has 0 aromatic heterocycles. The van der Waals surface area contributed by atoms with E-state index in [1.165, 1.54) is 0 Å². The fourth-order valence-electron chi connectivity index (χ4n) is 4.21. The minimum Gasteiger partial charge on any atom is -0.380 e. The van der Waals surface area contributed by atoms with Crippen molar-refractivity contribution in [2.24, 2.45) is 11.3 Å². The zero-order chi connectivity index (χ0) is 20.1. The van der Waals surface area contributed by atoms with Gasteiger partial charge in [0.15, 0.2) is 0 Å². The minimum absolute atomic E-state index is 0.0380. The van der Waals surface area contributed by atoms with Crippen LogP contribution in [0.4, 0.5) is 4.79 Å². The molecular formula is C14H21N5O8S. The monoisotopic (exact) mass is 419 g/mol. The van der Waals surface area contributed by atoms with Gasteiger partial charge in [-0.25, -0.2) is 4.79 Å². The highest BCUT2D eigenvalue weighted by atomic mass is 32.3. The number of carbonyl (C=O) groups excluding carboxylic acids is 3. The van der Waals surface area contributed by atoms with Crippen LogP contribution >= 0.6 is 0 Å². The van der Waals surface area contributed by atoms with Crippen molar-refractivity contribution in [3.8, 4) is 0 Å². The molecule has 4 aliphatic rings. The summed E-state index contributed by atoms with van der Waals surface area (Å²) in [6.45, 7) is 1.72. The zero-order valence-electron chi connectivity index (χ0n) is 14.8. The molecule has 1 spiro atoms. The Morgan fingerprint density at radius 1 is 1.29 bits per heavy atom. The second kappa shape index (κ2) is 6.81. The number of amides is 4. The van der Waals surface area contributed by atoms with Gasteiger partial charge in [-0.1, -0.05) is 0 Å². The number of nitrogens with one attached hydrogen (secondary N) is 3. The number of piperidine rings is 1. The molecule has 4 rings (SSSR count). The normalized spacial score (nSPS) is 31.0. The summed E-state index contributed by atoms with van der Waals surface area (Å²) < 4.78 is 40.9. The van der Waals surface area contributed by atoms with Gasteiger partial charge in [-0.3, -0.25) is 25.0 Å². The number of fused-ring (bicyclic) bond motifs is 3. The van der Waals surface area contributed by atoms with Gasteiger partial charge in [0, 0.05) is 18.5 Å². The third-order valence-corrected chi connectivity index (χ3v) is 6.12. The highest BCUT2D eigenvalue weighted by molar-refractivity contribution is 7.80. The van der Waals surface area contributed by atoms with Crippen molar-refractivity contribution in [1.29, 1.82) is 0 Å². The molecule has 4 saturated heterocycles. The summed E-state index contributed by atoms with van der Waals surface area (Å²) in [5, 5.41) is 3.64. The first-order valence-electron chi connectivity index (χ1n) is 8.85. The predicted octanol–water partition coefficient (Wildman–Crippen LogP) is -2.63. The Hall–Kier alpha value is -2.00. The van der Waals surface area contributed by atoms with Crippen molar-refractivity contribution in [2.45, 2.75) is 24.9 Å². The van der Waals surface area contributed by atoms with Gasteiger partial charge in [-0.15, -0.1) is 4.28 Å². The number of ether oxygens (including phenoxy) is 1. The molecule has 13 nitrogen and oxygen atoms in total. The SMILES string of the molecule is O=C(NNC(=O)[C@@H]1CC2(COC2)[C@@H]2CN1C(=O)N2OS(=O)(=O)O)C1CCNC1. The van der Waals surface area contributed by atoms with E-state index in [1.54, 1.807) is 0 Å². The van der Waals surface area contributed by atoms with Crippen LogP contribution in [0.3, 0.4) is 0 Å². The highest BCUT2D eigenvalue weighted by Crippen LogP contribution is 2.47. The van der Waals surface area contributed by atoms with Crippen LogP contribution in [0.2, 0.25) is 0 Å². The van der Waals surface area contributed by atoms with E-state index in [9.17, 15) is 22.8 Å². The summed E-state index contributed by atoms with van der Waals surface area (Å²) in [7, 11) is -4.91. The Balaban J connectivity index is 1.47. The van der Waals surface area contributed by atoms with E-state index in [0.29, 0.717) is 18.0 Å². The van der Waals surface area contributed by atoms with Crippen LogP contribution in [0, 0.1) is 11.3 Å².